The molecular weight excluding hydrogens is 298 g/mol. The lowest BCUT2D eigenvalue weighted by Gasteiger charge is -2.08. The molecule has 2 rings (SSSR count). The van der Waals surface area contributed by atoms with Crippen molar-refractivity contribution in [2.24, 2.45) is 0 Å². The number of rotatable bonds is 5. The predicted octanol–water partition coefficient (Wildman–Crippen LogP) is 3.06. The summed E-state index contributed by atoms with van der Waals surface area (Å²) in [4.78, 5) is 12.2. The summed E-state index contributed by atoms with van der Waals surface area (Å²) in [5.74, 6) is -0.246. The van der Waals surface area contributed by atoms with Crippen molar-refractivity contribution in [1.29, 1.82) is 0 Å². The van der Waals surface area contributed by atoms with E-state index in [9.17, 15) is 13.2 Å². The molecule has 0 atom stereocenters. The Labute approximate surface area is 130 Å². The van der Waals surface area contributed by atoms with Crippen LogP contribution in [0, 0.1) is 6.92 Å². The zero-order valence-electron chi connectivity index (χ0n) is 12.4. The van der Waals surface area contributed by atoms with E-state index >= 15 is 0 Å². The van der Waals surface area contributed by atoms with Gasteiger partial charge in [-0.3, -0.25) is 9.52 Å². The maximum atomic E-state index is 12.2. The smallest absolute Gasteiger partial charge is 0.261 e. The normalized spacial score (nSPS) is 12.0. The van der Waals surface area contributed by atoms with Gasteiger partial charge in [-0.05, 0) is 26.0 Å². The van der Waals surface area contributed by atoms with Crippen molar-refractivity contribution in [2.75, 3.05) is 0 Å². The zero-order valence-corrected chi connectivity index (χ0v) is 13.2. The predicted molar refractivity (Wildman–Crippen MR) is 86.0 cm³/mol. The van der Waals surface area contributed by atoms with Crippen molar-refractivity contribution in [3.05, 3.63) is 77.5 Å². The summed E-state index contributed by atoms with van der Waals surface area (Å²) in [5.41, 5.74) is 1.76. The summed E-state index contributed by atoms with van der Waals surface area (Å²) in [6.07, 6.45) is 1.28. The van der Waals surface area contributed by atoms with Crippen LogP contribution in [-0.2, 0) is 10.0 Å². The van der Waals surface area contributed by atoms with E-state index in [1.807, 2.05) is 13.0 Å². The van der Waals surface area contributed by atoms with Gasteiger partial charge in [0.15, 0.2) is 5.78 Å². The number of hydrogen-bond donors (Lipinski definition) is 1. The van der Waals surface area contributed by atoms with E-state index in [0.29, 0.717) is 5.56 Å². The van der Waals surface area contributed by atoms with Crippen LogP contribution in [0.1, 0.15) is 22.8 Å². The molecule has 0 saturated carbocycles. The fraction of sp³-hybridized carbons (Fsp3) is 0.118. The summed E-state index contributed by atoms with van der Waals surface area (Å²) in [6.45, 7) is 3.43. The lowest BCUT2D eigenvalue weighted by atomic mass is 10.1. The van der Waals surface area contributed by atoms with E-state index in [1.54, 1.807) is 43.3 Å². The topological polar surface area (TPSA) is 63.2 Å². The number of sulfonamides is 1. The Bertz CT molecular complexity index is 792. The van der Waals surface area contributed by atoms with Crippen LogP contribution in [0.5, 0.6) is 0 Å². The molecule has 4 nitrogen and oxygen atoms in total. The largest absolute Gasteiger partial charge is 0.289 e. The van der Waals surface area contributed by atoms with Gasteiger partial charge in [0.25, 0.3) is 10.0 Å². The molecule has 0 saturated heterocycles. The van der Waals surface area contributed by atoms with Crippen LogP contribution in [0.25, 0.3) is 0 Å². The third-order valence-corrected chi connectivity index (χ3v) is 4.52. The van der Waals surface area contributed by atoms with Gasteiger partial charge in [0, 0.05) is 17.3 Å². The van der Waals surface area contributed by atoms with Crippen LogP contribution in [0.3, 0.4) is 0 Å². The van der Waals surface area contributed by atoms with Gasteiger partial charge in [0.05, 0.1) is 4.90 Å². The molecule has 0 bridgehead atoms. The Morgan fingerprint density at radius 3 is 2.18 bits per heavy atom. The van der Waals surface area contributed by atoms with E-state index in [-0.39, 0.29) is 16.4 Å². The molecule has 0 unspecified atom stereocenters. The number of aryl methyl sites for hydroxylation is 1. The summed E-state index contributed by atoms with van der Waals surface area (Å²) in [7, 11) is -3.67. The summed E-state index contributed by atoms with van der Waals surface area (Å²) in [6, 6.07) is 15.2. The molecule has 0 heterocycles. The minimum Gasteiger partial charge on any atom is -0.289 e. The Hall–Kier alpha value is -2.40. The highest BCUT2D eigenvalue weighted by atomic mass is 32.2. The number of nitrogens with one attached hydrogen (secondary N) is 1. The molecule has 2 aromatic carbocycles. The molecule has 0 aromatic heterocycles. The Balaban J connectivity index is 2.17. The van der Waals surface area contributed by atoms with Gasteiger partial charge in [0.1, 0.15) is 0 Å². The molecular formula is C17H17NO3S. The highest BCUT2D eigenvalue weighted by Crippen LogP contribution is 2.11. The number of allylic oxidation sites excluding steroid dienone is 2. The second kappa shape index (κ2) is 6.58. The van der Waals surface area contributed by atoms with E-state index in [4.69, 9.17) is 0 Å². The molecule has 0 aliphatic rings. The van der Waals surface area contributed by atoms with Gasteiger partial charge in [-0.1, -0.05) is 48.0 Å². The highest BCUT2D eigenvalue weighted by molar-refractivity contribution is 7.89. The lowest BCUT2D eigenvalue weighted by molar-refractivity contribution is 0.104. The Morgan fingerprint density at radius 2 is 1.59 bits per heavy atom. The van der Waals surface area contributed by atoms with Crippen LogP contribution < -0.4 is 4.72 Å². The average Bonchev–Trinajstić information content (AvgIpc) is 2.48. The molecule has 1 N–H and O–H groups in total. The first-order valence-corrected chi connectivity index (χ1v) is 8.24. The van der Waals surface area contributed by atoms with Gasteiger partial charge in [-0.25, -0.2) is 8.42 Å². The van der Waals surface area contributed by atoms with Gasteiger partial charge in [-0.15, -0.1) is 0 Å². The Morgan fingerprint density at radius 1 is 1.00 bits per heavy atom. The van der Waals surface area contributed by atoms with Crippen molar-refractivity contribution in [3.63, 3.8) is 0 Å². The average molecular weight is 315 g/mol. The third kappa shape index (κ3) is 4.05. The quantitative estimate of drug-likeness (QED) is 0.681. The third-order valence-electron chi connectivity index (χ3n) is 3.03. The van der Waals surface area contributed by atoms with E-state index in [0.717, 1.165) is 5.56 Å². The minimum atomic E-state index is -3.67. The highest BCUT2D eigenvalue weighted by Gasteiger charge is 2.14. The standard InChI is InChI=1S/C17H17NO3S/c1-13-8-10-16(11-9-13)22(20,21)18-14(2)12-17(19)15-6-4-3-5-7-15/h3-12,18H,1-2H3/b14-12+. The summed E-state index contributed by atoms with van der Waals surface area (Å²) >= 11 is 0. The van der Waals surface area contributed by atoms with Gasteiger partial charge < -0.3 is 0 Å². The number of carbonyl (C=O) groups is 1. The fourth-order valence-electron chi connectivity index (χ4n) is 1.90. The van der Waals surface area contributed by atoms with Crippen LogP contribution in [0.2, 0.25) is 0 Å². The number of ketones is 1. The van der Waals surface area contributed by atoms with Gasteiger partial charge >= 0.3 is 0 Å². The first kappa shape index (κ1) is 16.0. The van der Waals surface area contributed by atoms with Crippen molar-refractivity contribution in [2.45, 2.75) is 18.7 Å². The maximum Gasteiger partial charge on any atom is 0.261 e. The van der Waals surface area contributed by atoms with Crippen molar-refractivity contribution in [1.82, 2.24) is 4.72 Å². The fourth-order valence-corrected chi connectivity index (χ4v) is 3.00. The van der Waals surface area contributed by atoms with Crippen LogP contribution in [-0.4, -0.2) is 14.2 Å². The molecule has 0 radical (unpaired) electrons. The zero-order chi connectivity index (χ0) is 16.2. The van der Waals surface area contributed by atoms with E-state index < -0.39 is 10.0 Å². The molecule has 0 fully saturated rings. The van der Waals surface area contributed by atoms with Gasteiger partial charge in [-0.2, -0.15) is 0 Å². The first-order chi connectivity index (χ1) is 10.4. The molecule has 2 aromatic rings. The molecule has 0 aliphatic carbocycles. The summed E-state index contributed by atoms with van der Waals surface area (Å²) in [5, 5.41) is 0. The minimum absolute atomic E-state index is 0.165. The van der Waals surface area contributed by atoms with E-state index in [2.05, 4.69) is 4.72 Å². The van der Waals surface area contributed by atoms with Crippen LogP contribution in [0.15, 0.2) is 71.3 Å². The van der Waals surface area contributed by atoms with Crippen molar-refractivity contribution >= 4 is 15.8 Å². The van der Waals surface area contributed by atoms with Crippen LogP contribution in [0.4, 0.5) is 0 Å². The second-order valence-corrected chi connectivity index (χ2v) is 6.66. The van der Waals surface area contributed by atoms with Crippen LogP contribution >= 0.6 is 0 Å². The SMILES string of the molecule is C/C(=C\C(=O)c1ccccc1)NS(=O)(=O)c1ccc(C)cc1. The first-order valence-electron chi connectivity index (χ1n) is 6.76. The Kier molecular flexibility index (Phi) is 4.78. The molecule has 0 aliphatic heterocycles. The van der Waals surface area contributed by atoms with E-state index in [1.165, 1.54) is 18.2 Å². The number of benzene rings is 2. The molecule has 114 valence electrons. The molecule has 0 amide bonds. The van der Waals surface area contributed by atoms with Crippen molar-refractivity contribution in [3.8, 4) is 0 Å². The monoisotopic (exact) mass is 315 g/mol. The molecule has 0 spiro atoms. The lowest BCUT2D eigenvalue weighted by Crippen LogP contribution is -2.22. The number of carbonyl (C=O) groups excluding carboxylic acids is 1. The summed E-state index contributed by atoms with van der Waals surface area (Å²) < 4.78 is 26.8. The number of hydrogen-bond acceptors (Lipinski definition) is 3. The second-order valence-electron chi connectivity index (χ2n) is 4.98. The maximum absolute atomic E-state index is 12.2. The van der Waals surface area contributed by atoms with Gasteiger partial charge in [0.2, 0.25) is 0 Å². The van der Waals surface area contributed by atoms with Crippen molar-refractivity contribution < 1.29 is 13.2 Å². The molecule has 5 heteroatoms. The molecule has 22 heavy (non-hydrogen) atoms.